The average molecular weight is 377 g/mol. The van der Waals surface area contributed by atoms with Gasteiger partial charge >= 0.3 is 6.18 Å². The molecule has 0 aliphatic rings. The Balaban J connectivity index is 1.80. The molecule has 9 heteroatoms. The van der Waals surface area contributed by atoms with Gasteiger partial charge in [-0.05, 0) is 13.0 Å². The molecule has 0 spiro atoms. The van der Waals surface area contributed by atoms with Gasteiger partial charge in [0.25, 0.3) is 5.91 Å². The van der Waals surface area contributed by atoms with Crippen LogP contribution in [0.15, 0.2) is 42.5 Å². The third-order valence-corrected chi connectivity index (χ3v) is 4.18. The first-order chi connectivity index (χ1) is 12.7. The fourth-order valence-electron chi connectivity index (χ4n) is 2.80. The molecular formula is C18H18F3N5O. The molecule has 1 unspecified atom stereocenters. The van der Waals surface area contributed by atoms with Gasteiger partial charge in [0.2, 0.25) is 0 Å². The lowest BCUT2D eigenvalue weighted by atomic mass is 10.1. The van der Waals surface area contributed by atoms with E-state index in [2.05, 4.69) is 15.5 Å². The summed E-state index contributed by atoms with van der Waals surface area (Å²) in [5.74, 6) is -0.643. The van der Waals surface area contributed by atoms with Gasteiger partial charge in [-0.3, -0.25) is 14.2 Å². The van der Waals surface area contributed by atoms with Gasteiger partial charge in [-0.25, -0.2) is 0 Å². The summed E-state index contributed by atoms with van der Waals surface area (Å²) in [5, 5.41) is 10.5. The Morgan fingerprint density at radius 1 is 1.07 bits per heavy atom. The van der Waals surface area contributed by atoms with Crippen LogP contribution in [-0.2, 0) is 20.3 Å². The van der Waals surface area contributed by atoms with Crippen molar-refractivity contribution in [3.8, 4) is 11.3 Å². The van der Waals surface area contributed by atoms with Crippen LogP contribution in [0.4, 0.5) is 13.2 Å². The number of carbonyl (C=O) groups excluding carboxylic acids is 1. The van der Waals surface area contributed by atoms with Crippen molar-refractivity contribution in [3.05, 3.63) is 59.5 Å². The molecule has 0 saturated carbocycles. The number of benzene rings is 1. The maximum absolute atomic E-state index is 12.8. The molecule has 27 heavy (non-hydrogen) atoms. The second kappa shape index (κ2) is 6.90. The standard InChI is InChI=1S/C18H18F3N5O/c1-11(14-9-13(23-25(14)2)12-7-5-4-6-8-12)22-17(27)15-10-16(18(19,20)21)24-26(15)3/h4-11H,1-3H3,(H,22,27). The van der Waals surface area contributed by atoms with Gasteiger partial charge in [0, 0.05) is 25.7 Å². The molecule has 0 bridgehead atoms. The number of aromatic nitrogens is 4. The molecule has 0 aliphatic heterocycles. The Bertz CT molecular complexity index is 959. The fourth-order valence-corrected chi connectivity index (χ4v) is 2.80. The van der Waals surface area contributed by atoms with Crippen molar-refractivity contribution < 1.29 is 18.0 Å². The highest BCUT2D eigenvalue weighted by Crippen LogP contribution is 2.28. The molecule has 1 atom stereocenters. The summed E-state index contributed by atoms with van der Waals surface area (Å²) in [6.07, 6.45) is -4.60. The number of carbonyl (C=O) groups is 1. The number of alkyl halides is 3. The van der Waals surface area contributed by atoms with Gasteiger partial charge in [0.1, 0.15) is 5.69 Å². The minimum Gasteiger partial charge on any atom is -0.343 e. The number of hydrogen-bond donors (Lipinski definition) is 1. The quantitative estimate of drug-likeness (QED) is 0.759. The molecule has 3 rings (SSSR count). The molecule has 0 aliphatic carbocycles. The topological polar surface area (TPSA) is 64.7 Å². The predicted octanol–water partition coefficient (Wildman–Crippen LogP) is 3.33. The Kier molecular flexibility index (Phi) is 4.77. The van der Waals surface area contributed by atoms with Crippen molar-refractivity contribution in [3.63, 3.8) is 0 Å². The van der Waals surface area contributed by atoms with Gasteiger partial charge in [0.15, 0.2) is 5.69 Å². The van der Waals surface area contributed by atoms with E-state index in [4.69, 9.17) is 0 Å². The van der Waals surface area contributed by atoms with Crippen LogP contribution in [0.5, 0.6) is 0 Å². The largest absolute Gasteiger partial charge is 0.435 e. The zero-order valence-electron chi connectivity index (χ0n) is 14.9. The Hall–Kier alpha value is -3.10. The minimum atomic E-state index is -4.60. The second-order valence-electron chi connectivity index (χ2n) is 6.18. The van der Waals surface area contributed by atoms with Crippen molar-refractivity contribution in [2.75, 3.05) is 0 Å². The lowest BCUT2D eigenvalue weighted by molar-refractivity contribution is -0.141. The summed E-state index contributed by atoms with van der Waals surface area (Å²) >= 11 is 0. The maximum Gasteiger partial charge on any atom is 0.435 e. The zero-order chi connectivity index (χ0) is 19.8. The van der Waals surface area contributed by atoms with E-state index in [-0.39, 0.29) is 5.69 Å². The Morgan fingerprint density at radius 2 is 1.74 bits per heavy atom. The van der Waals surface area contributed by atoms with Gasteiger partial charge in [-0.1, -0.05) is 30.3 Å². The van der Waals surface area contributed by atoms with Crippen molar-refractivity contribution in [1.82, 2.24) is 24.9 Å². The average Bonchev–Trinajstić information content (AvgIpc) is 3.18. The minimum absolute atomic E-state index is 0.167. The molecule has 3 aromatic rings. The third-order valence-electron chi connectivity index (χ3n) is 4.18. The summed E-state index contributed by atoms with van der Waals surface area (Å²) in [5.41, 5.74) is 1.13. The van der Waals surface area contributed by atoms with Gasteiger partial charge < -0.3 is 5.32 Å². The number of nitrogens with one attached hydrogen (secondary N) is 1. The molecule has 2 aromatic heterocycles. The SMILES string of the molecule is CC(NC(=O)c1cc(C(F)(F)F)nn1C)c1cc(-c2ccccc2)nn1C. The molecule has 0 saturated heterocycles. The monoisotopic (exact) mass is 377 g/mol. The Morgan fingerprint density at radius 3 is 2.33 bits per heavy atom. The van der Waals surface area contributed by atoms with Crippen LogP contribution in [0.25, 0.3) is 11.3 Å². The van der Waals surface area contributed by atoms with Crippen LogP contribution < -0.4 is 5.32 Å². The van der Waals surface area contributed by atoms with E-state index in [1.54, 1.807) is 18.7 Å². The van der Waals surface area contributed by atoms with E-state index in [0.717, 1.165) is 27.7 Å². The number of rotatable bonds is 4. The number of nitrogens with zero attached hydrogens (tertiary/aromatic N) is 4. The molecule has 2 heterocycles. The third kappa shape index (κ3) is 3.86. The zero-order valence-corrected chi connectivity index (χ0v) is 14.9. The van der Waals surface area contributed by atoms with Crippen LogP contribution in [0.3, 0.4) is 0 Å². The highest BCUT2D eigenvalue weighted by Gasteiger charge is 2.35. The van der Waals surface area contributed by atoms with Gasteiger partial charge in [0.05, 0.1) is 17.4 Å². The highest BCUT2D eigenvalue weighted by molar-refractivity contribution is 5.93. The lowest BCUT2D eigenvalue weighted by Gasteiger charge is -2.14. The highest BCUT2D eigenvalue weighted by atomic mass is 19.4. The van der Waals surface area contributed by atoms with Crippen molar-refractivity contribution in [1.29, 1.82) is 0 Å². The number of hydrogen-bond acceptors (Lipinski definition) is 3. The fraction of sp³-hybridized carbons (Fsp3) is 0.278. The molecule has 1 aromatic carbocycles. The van der Waals surface area contributed by atoms with E-state index < -0.39 is 23.8 Å². The van der Waals surface area contributed by atoms with Crippen LogP contribution in [0.1, 0.15) is 34.8 Å². The Labute approximate surface area is 153 Å². The molecule has 6 nitrogen and oxygen atoms in total. The first kappa shape index (κ1) is 18.7. The van der Waals surface area contributed by atoms with E-state index >= 15 is 0 Å². The van der Waals surface area contributed by atoms with E-state index in [0.29, 0.717) is 0 Å². The van der Waals surface area contributed by atoms with Crippen LogP contribution in [-0.4, -0.2) is 25.5 Å². The maximum atomic E-state index is 12.8. The predicted molar refractivity (Wildman–Crippen MR) is 92.7 cm³/mol. The van der Waals surface area contributed by atoms with E-state index in [9.17, 15) is 18.0 Å². The molecule has 142 valence electrons. The van der Waals surface area contributed by atoms with Crippen LogP contribution >= 0.6 is 0 Å². The van der Waals surface area contributed by atoms with E-state index in [1.165, 1.54) is 7.05 Å². The molecular weight excluding hydrogens is 359 g/mol. The summed E-state index contributed by atoms with van der Waals surface area (Å²) in [6, 6.07) is 11.7. The van der Waals surface area contributed by atoms with E-state index in [1.807, 2.05) is 36.4 Å². The van der Waals surface area contributed by atoms with Gasteiger partial charge in [-0.2, -0.15) is 23.4 Å². The first-order valence-corrected chi connectivity index (χ1v) is 8.18. The number of amides is 1. The van der Waals surface area contributed by atoms with Crippen molar-refractivity contribution in [2.24, 2.45) is 14.1 Å². The van der Waals surface area contributed by atoms with Crippen LogP contribution in [0, 0.1) is 0 Å². The second-order valence-corrected chi connectivity index (χ2v) is 6.18. The van der Waals surface area contributed by atoms with Gasteiger partial charge in [-0.15, -0.1) is 0 Å². The summed E-state index contributed by atoms with van der Waals surface area (Å²) < 4.78 is 40.9. The summed E-state index contributed by atoms with van der Waals surface area (Å²) in [4.78, 5) is 12.4. The molecule has 1 amide bonds. The molecule has 0 fully saturated rings. The molecule has 0 radical (unpaired) electrons. The smallest absolute Gasteiger partial charge is 0.343 e. The summed E-state index contributed by atoms with van der Waals surface area (Å²) in [7, 11) is 3.04. The summed E-state index contributed by atoms with van der Waals surface area (Å²) in [6.45, 7) is 1.74. The lowest BCUT2D eigenvalue weighted by Crippen LogP contribution is -2.29. The molecule has 1 N–H and O–H groups in total. The number of halogens is 3. The normalized spacial score (nSPS) is 12.8. The number of aryl methyl sites for hydroxylation is 2. The van der Waals surface area contributed by atoms with Crippen molar-refractivity contribution in [2.45, 2.75) is 19.1 Å². The van der Waals surface area contributed by atoms with Crippen molar-refractivity contribution >= 4 is 5.91 Å². The van der Waals surface area contributed by atoms with Crippen LogP contribution in [0.2, 0.25) is 0 Å². The first-order valence-electron chi connectivity index (χ1n) is 8.18.